The van der Waals surface area contributed by atoms with E-state index in [0.717, 1.165) is 32.7 Å². The molecule has 1 heterocycles. The van der Waals surface area contributed by atoms with Gasteiger partial charge in [0.2, 0.25) is 5.91 Å². The Bertz CT molecular complexity index is 389. The van der Waals surface area contributed by atoms with Crippen LogP contribution in [0.1, 0.15) is 0 Å². The standard InChI is InChI=1S/C14H21N3O2/c15-14(18)12-19-11-10-16-6-8-17(9-7-16)13-4-2-1-3-5-13/h1-5H,6-12H2,(H2,15,18). The number of hydrogen-bond acceptors (Lipinski definition) is 4. The zero-order valence-electron chi connectivity index (χ0n) is 11.1. The van der Waals surface area contributed by atoms with E-state index in [1.54, 1.807) is 0 Å². The number of amides is 1. The van der Waals surface area contributed by atoms with Crippen molar-refractivity contribution in [3.63, 3.8) is 0 Å². The Morgan fingerprint density at radius 1 is 1.16 bits per heavy atom. The summed E-state index contributed by atoms with van der Waals surface area (Å²) in [5.74, 6) is -0.408. The molecule has 0 bridgehead atoms. The van der Waals surface area contributed by atoms with Crippen LogP contribution < -0.4 is 10.6 Å². The van der Waals surface area contributed by atoms with Gasteiger partial charge in [-0.05, 0) is 12.1 Å². The van der Waals surface area contributed by atoms with E-state index < -0.39 is 5.91 Å². The molecular weight excluding hydrogens is 242 g/mol. The van der Waals surface area contributed by atoms with Crippen molar-refractivity contribution in [2.75, 3.05) is 50.8 Å². The summed E-state index contributed by atoms with van der Waals surface area (Å²) < 4.78 is 5.18. The van der Waals surface area contributed by atoms with Gasteiger partial charge in [-0.1, -0.05) is 18.2 Å². The summed E-state index contributed by atoms with van der Waals surface area (Å²) >= 11 is 0. The Balaban J connectivity index is 1.67. The second-order valence-corrected chi connectivity index (χ2v) is 4.68. The molecule has 104 valence electrons. The lowest BCUT2D eigenvalue weighted by molar-refractivity contribution is -0.122. The maximum Gasteiger partial charge on any atom is 0.243 e. The molecule has 0 unspecified atom stereocenters. The Kier molecular flexibility index (Phi) is 5.18. The van der Waals surface area contributed by atoms with E-state index in [4.69, 9.17) is 10.5 Å². The molecule has 1 aliphatic heterocycles. The molecule has 0 spiro atoms. The Labute approximate surface area is 113 Å². The monoisotopic (exact) mass is 263 g/mol. The number of hydrogen-bond donors (Lipinski definition) is 1. The highest BCUT2D eigenvalue weighted by atomic mass is 16.5. The van der Waals surface area contributed by atoms with Crippen LogP contribution in [0.3, 0.4) is 0 Å². The Morgan fingerprint density at radius 2 is 1.84 bits per heavy atom. The number of carbonyl (C=O) groups is 1. The third-order valence-electron chi connectivity index (χ3n) is 3.29. The van der Waals surface area contributed by atoms with E-state index in [0.29, 0.717) is 6.61 Å². The molecule has 5 heteroatoms. The van der Waals surface area contributed by atoms with Crippen molar-refractivity contribution in [1.82, 2.24) is 4.90 Å². The Hall–Kier alpha value is -1.59. The molecule has 1 amide bonds. The van der Waals surface area contributed by atoms with Gasteiger partial charge in [-0.2, -0.15) is 0 Å². The fourth-order valence-corrected chi connectivity index (χ4v) is 2.23. The molecule has 2 N–H and O–H groups in total. The molecule has 19 heavy (non-hydrogen) atoms. The van der Waals surface area contributed by atoms with Gasteiger partial charge in [0.25, 0.3) is 0 Å². The van der Waals surface area contributed by atoms with Crippen molar-refractivity contribution < 1.29 is 9.53 Å². The van der Waals surface area contributed by atoms with Gasteiger partial charge in [0, 0.05) is 38.4 Å². The number of nitrogens with zero attached hydrogens (tertiary/aromatic N) is 2. The number of anilines is 1. The summed E-state index contributed by atoms with van der Waals surface area (Å²) in [5, 5.41) is 0. The fraction of sp³-hybridized carbons (Fsp3) is 0.500. The number of benzene rings is 1. The van der Waals surface area contributed by atoms with Crippen molar-refractivity contribution >= 4 is 11.6 Å². The number of piperazine rings is 1. The molecular formula is C14H21N3O2. The molecule has 1 aliphatic rings. The van der Waals surface area contributed by atoms with Crippen LogP contribution >= 0.6 is 0 Å². The van der Waals surface area contributed by atoms with Crippen LogP contribution in [0, 0.1) is 0 Å². The number of ether oxygens (including phenoxy) is 1. The first kappa shape index (κ1) is 13.8. The second kappa shape index (κ2) is 7.11. The summed E-state index contributed by atoms with van der Waals surface area (Å²) in [5.41, 5.74) is 6.29. The Morgan fingerprint density at radius 3 is 2.47 bits per heavy atom. The van der Waals surface area contributed by atoms with Crippen molar-refractivity contribution in [3.8, 4) is 0 Å². The van der Waals surface area contributed by atoms with E-state index in [2.05, 4.69) is 34.1 Å². The maximum atomic E-state index is 10.5. The molecule has 0 radical (unpaired) electrons. The van der Waals surface area contributed by atoms with E-state index in [1.165, 1.54) is 5.69 Å². The minimum absolute atomic E-state index is 0.0178. The predicted octanol–water partition coefficient (Wildman–Crippen LogP) is 0.311. The van der Waals surface area contributed by atoms with Crippen molar-refractivity contribution in [2.45, 2.75) is 0 Å². The molecule has 1 saturated heterocycles. The summed E-state index contributed by atoms with van der Waals surface area (Å²) in [6, 6.07) is 10.5. The highest BCUT2D eigenvalue weighted by molar-refractivity contribution is 5.74. The van der Waals surface area contributed by atoms with Gasteiger partial charge in [0.15, 0.2) is 0 Å². The minimum atomic E-state index is -0.408. The average Bonchev–Trinajstić information content (AvgIpc) is 2.45. The van der Waals surface area contributed by atoms with Gasteiger partial charge >= 0.3 is 0 Å². The third kappa shape index (κ3) is 4.54. The normalized spacial score (nSPS) is 16.5. The smallest absolute Gasteiger partial charge is 0.243 e. The van der Waals surface area contributed by atoms with Crippen LogP contribution in [0.4, 0.5) is 5.69 Å². The number of carbonyl (C=O) groups excluding carboxylic acids is 1. The maximum absolute atomic E-state index is 10.5. The minimum Gasteiger partial charge on any atom is -0.370 e. The molecule has 1 aromatic rings. The molecule has 0 atom stereocenters. The highest BCUT2D eigenvalue weighted by Gasteiger charge is 2.16. The topological polar surface area (TPSA) is 58.8 Å². The first-order valence-corrected chi connectivity index (χ1v) is 6.64. The number of rotatable bonds is 6. The van der Waals surface area contributed by atoms with Crippen LogP contribution in [0.15, 0.2) is 30.3 Å². The number of para-hydroxylation sites is 1. The molecule has 2 rings (SSSR count). The zero-order valence-corrected chi connectivity index (χ0v) is 11.1. The fourth-order valence-electron chi connectivity index (χ4n) is 2.23. The summed E-state index contributed by atoms with van der Waals surface area (Å²) in [6.45, 7) is 5.54. The van der Waals surface area contributed by atoms with Gasteiger partial charge in [0.1, 0.15) is 6.61 Å². The van der Waals surface area contributed by atoms with Crippen LogP contribution in [0.5, 0.6) is 0 Å². The van der Waals surface area contributed by atoms with Crippen molar-refractivity contribution in [3.05, 3.63) is 30.3 Å². The zero-order chi connectivity index (χ0) is 13.5. The first-order chi connectivity index (χ1) is 9.25. The van der Waals surface area contributed by atoms with Crippen molar-refractivity contribution in [1.29, 1.82) is 0 Å². The number of primary amides is 1. The summed E-state index contributed by atoms with van der Waals surface area (Å²) in [6.07, 6.45) is 0. The quantitative estimate of drug-likeness (QED) is 0.751. The lowest BCUT2D eigenvalue weighted by atomic mass is 10.2. The largest absolute Gasteiger partial charge is 0.370 e. The predicted molar refractivity (Wildman–Crippen MR) is 75.1 cm³/mol. The van der Waals surface area contributed by atoms with Gasteiger partial charge in [-0.25, -0.2) is 0 Å². The van der Waals surface area contributed by atoms with E-state index in [1.807, 2.05) is 6.07 Å². The van der Waals surface area contributed by atoms with Crippen LogP contribution in [-0.4, -0.2) is 56.7 Å². The SMILES string of the molecule is NC(=O)COCCN1CCN(c2ccccc2)CC1. The number of nitrogens with two attached hydrogens (primary N) is 1. The molecule has 1 fully saturated rings. The van der Waals surface area contributed by atoms with Gasteiger partial charge in [-0.3, -0.25) is 9.69 Å². The second-order valence-electron chi connectivity index (χ2n) is 4.68. The lowest BCUT2D eigenvalue weighted by Gasteiger charge is -2.36. The first-order valence-electron chi connectivity index (χ1n) is 6.64. The van der Waals surface area contributed by atoms with E-state index >= 15 is 0 Å². The molecule has 0 aromatic heterocycles. The molecule has 0 saturated carbocycles. The van der Waals surface area contributed by atoms with Gasteiger partial charge < -0.3 is 15.4 Å². The van der Waals surface area contributed by atoms with Crippen LogP contribution in [0.25, 0.3) is 0 Å². The average molecular weight is 263 g/mol. The van der Waals surface area contributed by atoms with E-state index in [9.17, 15) is 4.79 Å². The van der Waals surface area contributed by atoms with Crippen LogP contribution in [-0.2, 0) is 9.53 Å². The molecule has 0 aliphatic carbocycles. The van der Waals surface area contributed by atoms with Crippen LogP contribution in [0.2, 0.25) is 0 Å². The van der Waals surface area contributed by atoms with E-state index in [-0.39, 0.29) is 6.61 Å². The summed E-state index contributed by atoms with van der Waals surface area (Å²) in [7, 11) is 0. The highest BCUT2D eigenvalue weighted by Crippen LogP contribution is 2.15. The van der Waals surface area contributed by atoms with Crippen molar-refractivity contribution in [2.24, 2.45) is 5.73 Å². The van der Waals surface area contributed by atoms with Gasteiger partial charge in [0.05, 0.1) is 6.61 Å². The lowest BCUT2D eigenvalue weighted by Crippen LogP contribution is -2.47. The molecule has 5 nitrogen and oxygen atoms in total. The third-order valence-corrected chi connectivity index (χ3v) is 3.29. The van der Waals surface area contributed by atoms with Gasteiger partial charge in [-0.15, -0.1) is 0 Å². The summed E-state index contributed by atoms with van der Waals surface area (Å²) in [4.78, 5) is 15.3. The molecule has 1 aromatic carbocycles.